The van der Waals surface area contributed by atoms with Crippen LogP contribution in [0.2, 0.25) is 5.02 Å². The maximum Gasteiger partial charge on any atom is 0.258 e. The molecule has 0 aliphatic heterocycles. The van der Waals surface area contributed by atoms with E-state index in [0.717, 1.165) is 12.1 Å². The lowest BCUT2D eigenvalue weighted by Crippen LogP contribution is -2.26. The summed E-state index contributed by atoms with van der Waals surface area (Å²) in [6.45, 7) is 2.04. The Morgan fingerprint density at radius 3 is 2.46 bits per heavy atom. The van der Waals surface area contributed by atoms with Gasteiger partial charge in [0, 0.05) is 24.2 Å². The molecular formula is C19H19ClN2O2. The van der Waals surface area contributed by atoms with Crippen molar-refractivity contribution in [3.8, 4) is 0 Å². The summed E-state index contributed by atoms with van der Waals surface area (Å²) >= 11 is 6.16. The van der Waals surface area contributed by atoms with Crippen molar-refractivity contribution in [3.05, 3.63) is 59.1 Å². The minimum absolute atomic E-state index is 0.0367. The average Bonchev–Trinajstić information content (AvgIpc) is 3.33. The Balaban J connectivity index is 1.80. The molecule has 2 aromatic carbocycles. The zero-order valence-corrected chi connectivity index (χ0v) is 14.4. The number of hydrogen-bond donors (Lipinski definition) is 1. The van der Waals surface area contributed by atoms with Gasteiger partial charge in [-0.15, -0.1) is 0 Å². The first-order chi connectivity index (χ1) is 11.5. The predicted octanol–water partition coefficient (Wildman–Crippen LogP) is 4.21. The molecule has 0 saturated heterocycles. The van der Waals surface area contributed by atoms with E-state index in [9.17, 15) is 9.59 Å². The van der Waals surface area contributed by atoms with Crippen molar-refractivity contribution in [3.63, 3.8) is 0 Å². The Hall–Kier alpha value is -2.33. The Morgan fingerprint density at radius 1 is 1.17 bits per heavy atom. The zero-order valence-electron chi connectivity index (χ0n) is 13.6. The van der Waals surface area contributed by atoms with Crippen LogP contribution in [-0.2, 0) is 4.79 Å². The van der Waals surface area contributed by atoms with Crippen LogP contribution in [0.1, 0.15) is 23.7 Å². The van der Waals surface area contributed by atoms with E-state index in [-0.39, 0.29) is 17.7 Å². The lowest BCUT2D eigenvalue weighted by molar-refractivity contribution is -0.117. The molecule has 1 saturated carbocycles. The van der Waals surface area contributed by atoms with Gasteiger partial charge < -0.3 is 10.2 Å². The molecule has 3 rings (SSSR count). The predicted molar refractivity (Wildman–Crippen MR) is 96.5 cm³/mol. The third kappa shape index (κ3) is 3.44. The molecule has 0 heterocycles. The van der Waals surface area contributed by atoms with Crippen LogP contribution < -0.4 is 10.2 Å². The topological polar surface area (TPSA) is 49.4 Å². The van der Waals surface area contributed by atoms with Crippen molar-refractivity contribution in [2.24, 2.45) is 11.8 Å². The SMILES string of the molecule is C[C@@H]1C[C@@H]1C(=O)Nc1cc(C(=O)N(C)c2ccccc2)ccc1Cl. The van der Waals surface area contributed by atoms with Gasteiger partial charge >= 0.3 is 0 Å². The van der Waals surface area contributed by atoms with Gasteiger partial charge in [0.05, 0.1) is 10.7 Å². The fourth-order valence-corrected chi connectivity index (χ4v) is 2.79. The van der Waals surface area contributed by atoms with Crippen molar-refractivity contribution >= 4 is 34.8 Å². The van der Waals surface area contributed by atoms with Gasteiger partial charge in [0.1, 0.15) is 0 Å². The summed E-state index contributed by atoms with van der Waals surface area (Å²) < 4.78 is 0. The van der Waals surface area contributed by atoms with E-state index in [4.69, 9.17) is 11.6 Å². The third-order valence-electron chi connectivity index (χ3n) is 4.37. The molecule has 2 amide bonds. The van der Waals surface area contributed by atoms with E-state index in [1.54, 1.807) is 30.1 Å². The highest BCUT2D eigenvalue weighted by Crippen LogP contribution is 2.39. The molecule has 2 aromatic rings. The number of benzene rings is 2. The minimum Gasteiger partial charge on any atom is -0.324 e. The maximum absolute atomic E-state index is 12.7. The van der Waals surface area contributed by atoms with Gasteiger partial charge in [-0.2, -0.15) is 0 Å². The lowest BCUT2D eigenvalue weighted by Gasteiger charge is -2.18. The molecule has 1 fully saturated rings. The van der Waals surface area contributed by atoms with Crippen molar-refractivity contribution in [1.29, 1.82) is 0 Å². The fourth-order valence-electron chi connectivity index (χ4n) is 2.63. The van der Waals surface area contributed by atoms with Gasteiger partial charge in [0.15, 0.2) is 0 Å². The lowest BCUT2D eigenvalue weighted by atomic mass is 10.1. The van der Waals surface area contributed by atoms with Crippen LogP contribution in [0.15, 0.2) is 48.5 Å². The Bertz CT molecular complexity index is 776. The molecule has 5 heteroatoms. The first kappa shape index (κ1) is 16.5. The molecule has 0 unspecified atom stereocenters. The summed E-state index contributed by atoms with van der Waals surface area (Å²) in [7, 11) is 1.72. The number of nitrogens with one attached hydrogen (secondary N) is 1. The number of hydrogen-bond acceptors (Lipinski definition) is 2. The summed E-state index contributed by atoms with van der Waals surface area (Å²) in [5.41, 5.74) is 1.76. The number of rotatable bonds is 4. The Kier molecular flexibility index (Phi) is 4.58. The van der Waals surface area contributed by atoms with Gasteiger partial charge in [0.2, 0.25) is 5.91 Å². The smallest absolute Gasteiger partial charge is 0.258 e. The van der Waals surface area contributed by atoms with E-state index in [1.807, 2.05) is 37.3 Å². The average molecular weight is 343 g/mol. The second-order valence-corrected chi connectivity index (χ2v) is 6.61. The largest absolute Gasteiger partial charge is 0.324 e. The summed E-state index contributed by atoms with van der Waals surface area (Å²) in [6, 6.07) is 14.3. The molecule has 0 radical (unpaired) electrons. The minimum atomic E-state index is -0.159. The van der Waals surface area contributed by atoms with Crippen LogP contribution in [-0.4, -0.2) is 18.9 Å². The first-order valence-corrected chi connectivity index (χ1v) is 8.28. The highest BCUT2D eigenvalue weighted by atomic mass is 35.5. The van der Waals surface area contributed by atoms with E-state index >= 15 is 0 Å². The van der Waals surface area contributed by atoms with Crippen LogP contribution in [0, 0.1) is 11.8 Å². The summed E-state index contributed by atoms with van der Waals surface area (Å²) in [5, 5.41) is 3.26. The molecule has 4 nitrogen and oxygen atoms in total. The molecule has 124 valence electrons. The summed E-state index contributed by atoms with van der Waals surface area (Å²) in [5.74, 6) is 0.267. The van der Waals surface area contributed by atoms with E-state index in [0.29, 0.717) is 22.2 Å². The first-order valence-electron chi connectivity index (χ1n) is 7.91. The maximum atomic E-state index is 12.7. The normalized spacial score (nSPS) is 18.8. The van der Waals surface area contributed by atoms with Crippen LogP contribution in [0.4, 0.5) is 11.4 Å². The van der Waals surface area contributed by atoms with Crippen molar-refractivity contribution in [2.45, 2.75) is 13.3 Å². The number of para-hydroxylation sites is 1. The highest BCUT2D eigenvalue weighted by Gasteiger charge is 2.39. The van der Waals surface area contributed by atoms with Crippen LogP contribution in [0.3, 0.4) is 0 Å². The summed E-state index contributed by atoms with van der Waals surface area (Å²) in [6.07, 6.45) is 0.902. The molecule has 24 heavy (non-hydrogen) atoms. The fraction of sp³-hybridized carbons (Fsp3) is 0.263. The van der Waals surface area contributed by atoms with Gasteiger partial charge in [-0.3, -0.25) is 9.59 Å². The van der Waals surface area contributed by atoms with E-state index < -0.39 is 0 Å². The molecule has 2 atom stereocenters. The molecule has 0 spiro atoms. The molecule has 0 bridgehead atoms. The standard InChI is InChI=1S/C19H19ClN2O2/c1-12-10-15(12)18(23)21-17-11-13(8-9-16(17)20)19(24)22(2)14-6-4-3-5-7-14/h3-9,11-12,15H,10H2,1-2H3,(H,21,23)/t12-,15+/m1/s1. The van der Waals surface area contributed by atoms with Crippen LogP contribution in [0.5, 0.6) is 0 Å². The number of nitrogens with zero attached hydrogens (tertiary/aromatic N) is 1. The highest BCUT2D eigenvalue weighted by molar-refractivity contribution is 6.34. The summed E-state index contributed by atoms with van der Waals surface area (Å²) in [4.78, 5) is 26.3. The van der Waals surface area contributed by atoms with Crippen molar-refractivity contribution in [2.75, 3.05) is 17.3 Å². The van der Waals surface area contributed by atoms with Gasteiger partial charge in [-0.25, -0.2) is 0 Å². The van der Waals surface area contributed by atoms with Crippen LogP contribution >= 0.6 is 11.6 Å². The van der Waals surface area contributed by atoms with Crippen molar-refractivity contribution < 1.29 is 9.59 Å². The van der Waals surface area contributed by atoms with Gasteiger partial charge in [-0.05, 0) is 42.7 Å². The monoisotopic (exact) mass is 342 g/mol. The van der Waals surface area contributed by atoms with Crippen LogP contribution in [0.25, 0.3) is 0 Å². The zero-order chi connectivity index (χ0) is 17.3. The van der Waals surface area contributed by atoms with E-state index in [1.165, 1.54) is 0 Å². The number of carbonyl (C=O) groups is 2. The van der Waals surface area contributed by atoms with Crippen molar-refractivity contribution in [1.82, 2.24) is 0 Å². The second kappa shape index (κ2) is 6.65. The van der Waals surface area contributed by atoms with Gasteiger partial charge in [0.25, 0.3) is 5.91 Å². The molecular weight excluding hydrogens is 324 g/mol. The number of carbonyl (C=O) groups excluding carboxylic acids is 2. The number of halogens is 1. The quantitative estimate of drug-likeness (QED) is 0.904. The Morgan fingerprint density at radius 2 is 1.83 bits per heavy atom. The molecule has 1 N–H and O–H groups in total. The molecule has 0 aromatic heterocycles. The van der Waals surface area contributed by atoms with E-state index in [2.05, 4.69) is 5.32 Å². The third-order valence-corrected chi connectivity index (χ3v) is 4.70. The molecule has 1 aliphatic carbocycles. The molecule has 1 aliphatic rings. The number of amides is 2. The second-order valence-electron chi connectivity index (χ2n) is 6.20. The number of anilines is 2. The van der Waals surface area contributed by atoms with Gasteiger partial charge in [-0.1, -0.05) is 36.7 Å². The Labute approximate surface area is 146 Å².